The van der Waals surface area contributed by atoms with Gasteiger partial charge in [-0.05, 0) is 40.5 Å². The zero-order chi connectivity index (χ0) is 31.8. The number of nitrogens with zero attached hydrogens (tertiary/aromatic N) is 4. The van der Waals surface area contributed by atoms with E-state index in [2.05, 4.69) is 105 Å². The first-order valence-corrected chi connectivity index (χ1v) is 15.3. The van der Waals surface area contributed by atoms with E-state index in [1.807, 2.05) is 54.6 Å². The molecule has 0 aliphatic heterocycles. The topological polar surface area (TPSA) is 115 Å². The summed E-state index contributed by atoms with van der Waals surface area (Å²) in [4.78, 5) is 25.1. The molecule has 0 bridgehead atoms. The summed E-state index contributed by atoms with van der Waals surface area (Å²) >= 11 is 0. The van der Waals surface area contributed by atoms with Gasteiger partial charge in [-0.25, -0.2) is 15.5 Å². The number of hydrogen-bond donors (Lipinski definition) is 3. The van der Waals surface area contributed by atoms with Gasteiger partial charge in [-0.2, -0.15) is 5.10 Å². The van der Waals surface area contributed by atoms with Crippen molar-refractivity contribution >= 4 is 27.8 Å². The van der Waals surface area contributed by atoms with E-state index in [9.17, 15) is 4.79 Å². The van der Waals surface area contributed by atoms with Crippen LogP contribution < -0.4 is 11.3 Å². The Kier molecular flexibility index (Phi) is 6.89. The summed E-state index contributed by atoms with van der Waals surface area (Å²) in [7, 11) is 0. The van der Waals surface area contributed by atoms with Crippen molar-refractivity contribution in [2.24, 2.45) is 5.84 Å². The summed E-state index contributed by atoms with van der Waals surface area (Å²) in [6.07, 6.45) is 3.55. The van der Waals surface area contributed by atoms with Crippen LogP contribution in [0.3, 0.4) is 0 Å². The SMILES string of the molecule is NNC(=O)c1nc2c(-c3ccccc3)c3c(-c4ccncc4)nn(C(c4ccccc4)(c4ccccc4)c4ccccc4)c3cc2[nH]1. The highest BCUT2D eigenvalue weighted by Gasteiger charge is 2.41. The molecular weight excluding hydrogens is 582 g/mol. The quantitative estimate of drug-likeness (QED) is 0.0771. The van der Waals surface area contributed by atoms with Crippen molar-refractivity contribution in [1.29, 1.82) is 0 Å². The Balaban J connectivity index is 1.62. The standard InChI is InChI=1S/C39H29N7O/c40-44-38(47)37-42-31-25-32-34(33(36(31)43-37)26-13-5-1-6-14-26)35(27-21-23-41-24-22-27)45-46(32)39(28-15-7-2-8-16-28,29-17-9-3-10-18-29)30-19-11-4-12-20-30/h1-25H,40H2,(H,42,43)(H,44,47). The number of nitrogens with two attached hydrogens (primary N) is 1. The van der Waals surface area contributed by atoms with E-state index in [1.165, 1.54) is 0 Å². The Morgan fingerprint density at radius 1 is 0.702 bits per heavy atom. The van der Waals surface area contributed by atoms with E-state index in [0.29, 0.717) is 11.0 Å². The van der Waals surface area contributed by atoms with Gasteiger partial charge >= 0.3 is 5.91 Å². The summed E-state index contributed by atoms with van der Waals surface area (Å²) in [6.45, 7) is 0. The third-order valence-corrected chi connectivity index (χ3v) is 8.68. The predicted molar refractivity (Wildman–Crippen MR) is 184 cm³/mol. The summed E-state index contributed by atoms with van der Waals surface area (Å²) in [5, 5.41) is 6.47. The minimum atomic E-state index is -0.896. The number of nitrogen functional groups attached to an aromatic ring is 1. The molecule has 8 rings (SSSR count). The number of nitrogens with one attached hydrogen (secondary N) is 2. The van der Waals surface area contributed by atoms with Gasteiger partial charge in [-0.1, -0.05) is 121 Å². The van der Waals surface area contributed by atoms with Crippen LogP contribution in [0, 0.1) is 0 Å². The highest BCUT2D eigenvalue weighted by Crippen LogP contribution is 2.47. The number of amides is 1. The van der Waals surface area contributed by atoms with Gasteiger partial charge in [0.2, 0.25) is 0 Å². The number of aromatic amines is 1. The lowest BCUT2D eigenvalue weighted by Crippen LogP contribution is -2.38. The number of benzene rings is 5. The maximum Gasteiger partial charge on any atom is 0.300 e. The predicted octanol–water partition coefficient (Wildman–Crippen LogP) is 7.09. The van der Waals surface area contributed by atoms with Crippen LogP contribution in [0.4, 0.5) is 0 Å². The van der Waals surface area contributed by atoms with Crippen molar-refractivity contribution in [3.8, 4) is 22.4 Å². The first-order valence-electron chi connectivity index (χ1n) is 15.3. The molecule has 8 aromatic rings. The van der Waals surface area contributed by atoms with E-state index in [1.54, 1.807) is 12.4 Å². The van der Waals surface area contributed by atoms with Crippen molar-refractivity contribution in [2.45, 2.75) is 5.54 Å². The largest absolute Gasteiger partial charge is 0.334 e. The zero-order valence-electron chi connectivity index (χ0n) is 25.2. The first-order chi connectivity index (χ1) is 23.2. The maximum absolute atomic E-state index is 12.8. The Hall–Kier alpha value is -6.38. The Labute approximate surface area is 270 Å². The minimum absolute atomic E-state index is 0.123. The zero-order valence-corrected chi connectivity index (χ0v) is 25.2. The molecule has 0 aliphatic carbocycles. The summed E-state index contributed by atoms with van der Waals surface area (Å²) < 4.78 is 2.13. The molecule has 1 amide bonds. The molecule has 0 spiro atoms. The van der Waals surface area contributed by atoms with Gasteiger partial charge in [0.05, 0.1) is 16.6 Å². The van der Waals surface area contributed by atoms with Crippen LogP contribution in [0.5, 0.6) is 0 Å². The average molecular weight is 612 g/mol. The lowest BCUT2D eigenvalue weighted by atomic mass is 9.77. The third kappa shape index (κ3) is 4.50. The van der Waals surface area contributed by atoms with Gasteiger partial charge < -0.3 is 4.98 Å². The number of hydrogen-bond acceptors (Lipinski definition) is 5. The maximum atomic E-state index is 12.8. The molecule has 3 heterocycles. The lowest BCUT2D eigenvalue weighted by molar-refractivity contribution is 0.0944. The third-order valence-electron chi connectivity index (χ3n) is 8.68. The van der Waals surface area contributed by atoms with Crippen LogP contribution in [0.15, 0.2) is 152 Å². The molecule has 0 radical (unpaired) electrons. The van der Waals surface area contributed by atoms with Crippen LogP contribution in [0.1, 0.15) is 27.3 Å². The van der Waals surface area contributed by atoms with Crippen LogP contribution in [0.2, 0.25) is 0 Å². The van der Waals surface area contributed by atoms with Crippen molar-refractivity contribution < 1.29 is 4.79 Å². The number of rotatable bonds is 7. The van der Waals surface area contributed by atoms with Gasteiger partial charge in [0.15, 0.2) is 5.82 Å². The second-order valence-electron chi connectivity index (χ2n) is 11.3. The van der Waals surface area contributed by atoms with E-state index in [4.69, 9.17) is 15.9 Å². The van der Waals surface area contributed by atoms with E-state index in [0.717, 1.165) is 50.0 Å². The fraction of sp³-hybridized carbons (Fsp3) is 0.0256. The lowest BCUT2D eigenvalue weighted by Gasteiger charge is -2.37. The molecule has 3 aromatic heterocycles. The molecular formula is C39H29N7O. The molecule has 0 fully saturated rings. The number of pyridine rings is 1. The second-order valence-corrected chi connectivity index (χ2v) is 11.3. The average Bonchev–Trinajstić information content (AvgIpc) is 3.75. The molecule has 0 aliphatic rings. The Morgan fingerprint density at radius 2 is 1.23 bits per heavy atom. The number of hydrazine groups is 1. The number of imidazole rings is 1. The molecule has 0 saturated heterocycles. The fourth-order valence-corrected chi connectivity index (χ4v) is 6.68. The van der Waals surface area contributed by atoms with E-state index >= 15 is 0 Å². The number of aromatic nitrogens is 5. The van der Waals surface area contributed by atoms with Crippen LogP contribution in [0.25, 0.3) is 44.3 Å². The molecule has 0 saturated carbocycles. The molecule has 4 N–H and O–H groups in total. The summed E-state index contributed by atoms with van der Waals surface area (Å²) in [6, 6.07) is 47.4. The van der Waals surface area contributed by atoms with Gasteiger partial charge in [0.25, 0.3) is 0 Å². The fourth-order valence-electron chi connectivity index (χ4n) is 6.68. The summed E-state index contributed by atoms with van der Waals surface area (Å²) in [5.41, 5.74) is 10.1. The number of fused-ring (bicyclic) bond motifs is 2. The normalized spacial score (nSPS) is 11.6. The van der Waals surface area contributed by atoms with E-state index < -0.39 is 11.4 Å². The highest BCUT2D eigenvalue weighted by atomic mass is 16.2. The summed E-state index contributed by atoms with van der Waals surface area (Å²) in [5.74, 6) is 5.17. The van der Waals surface area contributed by atoms with Crippen LogP contribution in [-0.4, -0.2) is 30.6 Å². The van der Waals surface area contributed by atoms with E-state index in [-0.39, 0.29) is 5.82 Å². The first kappa shape index (κ1) is 28.1. The molecule has 0 unspecified atom stereocenters. The van der Waals surface area contributed by atoms with Crippen molar-refractivity contribution in [1.82, 2.24) is 30.2 Å². The molecule has 5 aromatic carbocycles. The van der Waals surface area contributed by atoms with Gasteiger partial charge in [-0.15, -0.1) is 0 Å². The Morgan fingerprint density at radius 3 is 1.77 bits per heavy atom. The van der Waals surface area contributed by atoms with Gasteiger partial charge in [0, 0.05) is 28.9 Å². The van der Waals surface area contributed by atoms with Crippen molar-refractivity contribution in [3.05, 3.63) is 174 Å². The number of carbonyl (C=O) groups is 1. The second kappa shape index (κ2) is 11.5. The molecule has 47 heavy (non-hydrogen) atoms. The monoisotopic (exact) mass is 611 g/mol. The smallest absolute Gasteiger partial charge is 0.300 e. The molecule has 8 heteroatoms. The van der Waals surface area contributed by atoms with Crippen LogP contribution in [-0.2, 0) is 5.54 Å². The highest BCUT2D eigenvalue weighted by molar-refractivity contribution is 6.15. The van der Waals surface area contributed by atoms with Gasteiger partial charge in [0.1, 0.15) is 11.2 Å². The number of H-pyrrole nitrogens is 1. The molecule has 226 valence electrons. The van der Waals surface area contributed by atoms with Crippen LogP contribution >= 0.6 is 0 Å². The molecule has 0 atom stereocenters. The number of carbonyl (C=O) groups excluding carboxylic acids is 1. The van der Waals surface area contributed by atoms with Crippen molar-refractivity contribution in [3.63, 3.8) is 0 Å². The van der Waals surface area contributed by atoms with Gasteiger partial charge in [-0.3, -0.25) is 15.2 Å². The molecule has 8 nitrogen and oxygen atoms in total. The Bertz CT molecular complexity index is 2240. The van der Waals surface area contributed by atoms with Crippen molar-refractivity contribution in [2.75, 3.05) is 0 Å². The minimum Gasteiger partial charge on any atom is -0.334 e.